The summed E-state index contributed by atoms with van der Waals surface area (Å²) in [7, 11) is 0. The van der Waals surface area contributed by atoms with E-state index in [9.17, 15) is 39.9 Å². The van der Waals surface area contributed by atoms with Crippen molar-refractivity contribution in [2.75, 3.05) is 0 Å². The number of alkyl halides is 6. The molecule has 0 aliphatic rings. The topological polar surface area (TPSA) is 63.6 Å². The third-order valence-corrected chi connectivity index (χ3v) is 2.67. The summed E-state index contributed by atoms with van der Waals surface area (Å²) in [5.74, 6) is -5.74. The first-order valence-corrected chi connectivity index (χ1v) is 5.64. The van der Waals surface area contributed by atoms with Crippen molar-refractivity contribution in [2.45, 2.75) is 12.5 Å². The molecular weight excluding hydrogens is 356 g/mol. The summed E-state index contributed by atoms with van der Waals surface area (Å²) >= 11 is 0. The van der Waals surface area contributed by atoms with Crippen LogP contribution in [0.3, 0.4) is 0 Å². The highest BCUT2D eigenvalue weighted by Gasteiger charge is 2.48. The van der Waals surface area contributed by atoms with Gasteiger partial charge in [-0.3, -0.25) is 0 Å². The first-order chi connectivity index (χ1) is 10.9. The van der Waals surface area contributed by atoms with Gasteiger partial charge in [-0.1, -0.05) is 0 Å². The van der Waals surface area contributed by atoms with Gasteiger partial charge in [0.15, 0.2) is 5.82 Å². The number of rotatable bonds is 1. The van der Waals surface area contributed by atoms with E-state index < -0.39 is 56.1 Å². The molecule has 5 nitrogen and oxygen atoms in total. The monoisotopic (exact) mass is 358 g/mol. The first kappa shape index (κ1) is 17.4. The highest BCUT2D eigenvalue weighted by Crippen LogP contribution is 2.32. The Bertz CT molecular complexity index is 899. The van der Waals surface area contributed by atoms with Gasteiger partial charge in [0, 0.05) is 6.07 Å². The molecule has 0 unspecified atom stereocenters. The van der Waals surface area contributed by atoms with Crippen LogP contribution in [0.25, 0.3) is 5.69 Å². The number of nitrogens with zero attached hydrogens (tertiary/aromatic N) is 4. The van der Waals surface area contributed by atoms with Gasteiger partial charge < -0.3 is 0 Å². The highest BCUT2D eigenvalue weighted by molar-refractivity contribution is 5.41. The van der Waals surface area contributed by atoms with Gasteiger partial charge in [0.2, 0.25) is 5.82 Å². The maximum atomic E-state index is 13.7. The van der Waals surface area contributed by atoms with Crippen molar-refractivity contribution in [1.82, 2.24) is 14.3 Å². The molecule has 0 saturated heterocycles. The second-order valence-corrected chi connectivity index (χ2v) is 4.21. The van der Waals surface area contributed by atoms with E-state index in [0.29, 0.717) is 0 Å². The molecule has 0 aliphatic carbocycles. The number of hydrogen-bond donors (Lipinski definition) is 0. The van der Waals surface area contributed by atoms with Crippen LogP contribution in [0.1, 0.15) is 11.4 Å². The maximum Gasteiger partial charge on any atom is 0.494 e. The predicted octanol–water partition coefficient (Wildman–Crippen LogP) is 2.68. The van der Waals surface area contributed by atoms with Crippen molar-refractivity contribution >= 4 is 0 Å². The van der Waals surface area contributed by atoms with Crippen LogP contribution in [-0.4, -0.2) is 14.3 Å². The fourth-order valence-corrected chi connectivity index (χ4v) is 1.72. The van der Waals surface area contributed by atoms with Gasteiger partial charge >= 0.3 is 18.2 Å². The molecule has 0 radical (unpaired) electrons. The lowest BCUT2D eigenvalue weighted by Gasteiger charge is -2.10. The molecule has 13 heteroatoms. The second kappa shape index (κ2) is 5.32. The van der Waals surface area contributed by atoms with Crippen LogP contribution >= 0.6 is 0 Å². The van der Waals surface area contributed by atoms with Gasteiger partial charge in [-0.2, -0.15) is 27.7 Å². The molecule has 2 aromatic rings. The van der Waals surface area contributed by atoms with E-state index in [1.54, 1.807) is 0 Å². The van der Waals surface area contributed by atoms with Crippen molar-refractivity contribution < 1.29 is 35.1 Å². The molecular formula is C11H2F8N4O. The molecule has 0 saturated carbocycles. The van der Waals surface area contributed by atoms with Gasteiger partial charge in [-0.15, -0.1) is 18.3 Å². The zero-order chi connectivity index (χ0) is 18.4. The van der Waals surface area contributed by atoms with Crippen molar-refractivity contribution in [1.29, 1.82) is 5.26 Å². The van der Waals surface area contributed by atoms with Crippen molar-refractivity contribution in [3.05, 3.63) is 45.6 Å². The lowest BCUT2D eigenvalue weighted by Crippen LogP contribution is -2.35. The molecule has 128 valence electrons. The highest BCUT2D eigenvalue weighted by atomic mass is 19.4. The van der Waals surface area contributed by atoms with Crippen LogP contribution in [-0.2, 0) is 12.5 Å². The molecule has 0 amide bonds. The maximum absolute atomic E-state index is 13.7. The SMILES string of the molecule is N#Cc1cc(F)c(-n2nc(C(F)(F)F)n(C(F)(F)F)c2=O)cc1F. The van der Waals surface area contributed by atoms with Crippen LogP contribution in [0.4, 0.5) is 35.1 Å². The fourth-order valence-electron chi connectivity index (χ4n) is 1.72. The quantitative estimate of drug-likeness (QED) is 0.737. The summed E-state index contributed by atoms with van der Waals surface area (Å²) in [6, 6.07) is 1.50. The number of halogens is 8. The zero-order valence-electron chi connectivity index (χ0n) is 10.9. The summed E-state index contributed by atoms with van der Waals surface area (Å²) in [4.78, 5) is 11.6. The van der Waals surface area contributed by atoms with E-state index in [1.165, 1.54) is 6.07 Å². The van der Waals surface area contributed by atoms with Gasteiger partial charge in [-0.25, -0.2) is 13.6 Å². The summed E-state index contributed by atoms with van der Waals surface area (Å²) < 4.78 is 101. The van der Waals surface area contributed by atoms with E-state index >= 15 is 0 Å². The smallest absolute Gasteiger partial charge is 0.245 e. The van der Waals surface area contributed by atoms with Crippen LogP contribution < -0.4 is 5.69 Å². The predicted molar refractivity (Wildman–Crippen MR) is 58.8 cm³/mol. The Labute approximate surface area is 125 Å². The van der Waals surface area contributed by atoms with Crippen molar-refractivity contribution in [2.24, 2.45) is 0 Å². The number of aromatic nitrogens is 3. The summed E-state index contributed by atoms with van der Waals surface area (Å²) in [5, 5.41) is 10.9. The van der Waals surface area contributed by atoms with Gasteiger partial charge in [0.25, 0.3) is 0 Å². The Balaban J connectivity index is 2.84. The normalized spacial score (nSPS) is 12.3. The summed E-state index contributed by atoms with van der Waals surface area (Å²) in [6.45, 7) is 0. The Morgan fingerprint density at radius 3 is 2.04 bits per heavy atom. The molecule has 0 spiro atoms. The zero-order valence-corrected chi connectivity index (χ0v) is 10.9. The third-order valence-electron chi connectivity index (χ3n) is 2.67. The number of benzene rings is 1. The van der Waals surface area contributed by atoms with Crippen molar-refractivity contribution in [3.8, 4) is 11.8 Å². The minimum Gasteiger partial charge on any atom is -0.245 e. The Hall–Kier alpha value is -2.91. The standard InChI is InChI=1S/C11H2F8N4O/c12-5-2-7(6(13)1-4(5)3-20)23-9(24)22(11(17,18)19)8(21-23)10(14,15)16/h1-2H. The van der Waals surface area contributed by atoms with Crippen LogP contribution in [0, 0.1) is 23.0 Å². The minimum atomic E-state index is -5.80. The van der Waals surface area contributed by atoms with Crippen LogP contribution in [0.5, 0.6) is 0 Å². The minimum absolute atomic E-state index is 0.0865. The molecule has 0 aliphatic heterocycles. The average molecular weight is 358 g/mol. The fraction of sp³-hybridized carbons (Fsp3) is 0.182. The van der Waals surface area contributed by atoms with E-state index in [-0.39, 0.29) is 12.1 Å². The molecule has 0 fully saturated rings. The molecule has 1 heterocycles. The Morgan fingerprint density at radius 2 is 1.62 bits per heavy atom. The van der Waals surface area contributed by atoms with Gasteiger partial charge in [0.1, 0.15) is 17.6 Å². The van der Waals surface area contributed by atoms with Gasteiger partial charge in [0.05, 0.1) is 5.56 Å². The van der Waals surface area contributed by atoms with E-state index in [2.05, 4.69) is 5.10 Å². The molecule has 24 heavy (non-hydrogen) atoms. The molecule has 0 bridgehead atoms. The lowest BCUT2D eigenvalue weighted by atomic mass is 10.2. The van der Waals surface area contributed by atoms with E-state index in [4.69, 9.17) is 5.26 Å². The average Bonchev–Trinajstić information content (AvgIpc) is 2.78. The lowest BCUT2D eigenvalue weighted by molar-refractivity contribution is -0.224. The largest absolute Gasteiger partial charge is 0.494 e. The molecule has 0 atom stereocenters. The number of nitriles is 1. The van der Waals surface area contributed by atoms with Gasteiger partial charge in [-0.05, 0) is 6.07 Å². The summed E-state index contributed by atoms with van der Waals surface area (Å²) in [5.41, 5.74) is -4.58. The second-order valence-electron chi connectivity index (χ2n) is 4.21. The van der Waals surface area contributed by atoms with Crippen LogP contribution in [0.2, 0.25) is 0 Å². The van der Waals surface area contributed by atoms with Crippen molar-refractivity contribution in [3.63, 3.8) is 0 Å². The third kappa shape index (κ3) is 2.82. The van der Waals surface area contributed by atoms with E-state index in [1.807, 2.05) is 0 Å². The Morgan fingerprint density at radius 1 is 1.04 bits per heavy atom. The summed E-state index contributed by atoms with van der Waals surface area (Å²) in [6.07, 6.45) is -11.5. The van der Waals surface area contributed by atoms with E-state index in [0.717, 1.165) is 0 Å². The Kier molecular flexibility index (Phi) is 3.87. The first-order valence-electron chi connectivity index (χ1n) is 5.64. The molecule has 0 N–H and O–H groups in total. The molecule has 2 rings (SSSR count). The number of hydrogen-bond acceptors (Lipinski definition) is 3. The van der Waals surface area contributed by atoms with Crippen LogP contribution in [0.15, 0.2) is 16.9 Å². The molecule has 1 aromatic heterocycles. The molecule has 1 aromatic carbocycles.